The average molecular weight is 382 g/mol. The van der Waals surface area contributed by atoms with Gasteiger partial charge in [0.05, 0.1) is 6.61 Å². The molecule has 0 saturated carbocycles. The van der Waals surface area contributed by atoms with Crippen molar-refractivity contribution in [3.8, 4) is 0 Å². The van der Waals surface area contributed by atoms with E-state index in [2.05, 4.69) is 24.5 Å². The Kier molecular flexibility index (Phi) is 7.14. The summed E-state index contributed by atoms with van der Waals surface area (Å²) in [5.74, 6) is 0. The molecule has 1 aliphatic heterocycles. The van der Waals surface area contributed by atoms with Gasteiger partial charge in [-0.3, -0.25) is 0 Å². The van der Waals surface area contributed by atoms with E-state index in [0.717, 1.165) is 18.4 Å². The zero-order valence-corrected chi connectivity index (χ0v) is 16.4. The number of nitrogens with zero attached hydrogens (tertiary/aromatic N) is 1. The molecular formula is C19H28ClN3O3. The van der Waals surface area contributed by atoms with E-state index in [1.165, 1.54) is 0 Å². The highest BCUT2D eigenvalue weighted by molar-refractivity contribution is 6.30. The summed E-state index contributed by atoms with van der Waals surface area (Å²) in [6.07, 6.45) is 1.17. The molecule has 0 atom stereocenters. The van der Waals surface area contributed by atoms with Crippen molar-refractivity contribution >= 4 is 23.7 Å². The molecule has 1 heterocycles. The fraction of sp³-hybridized carbons (Fsp3) is 0.579. The van der Waals surface area contributed by atoms with Gasteiger partial charge in [0.1, 0.15) is 0 Å². The van der Waals surface area contributed by atoms with Gasteiger partial charge in [-0.05, 0) is 37.5 Å². The van der Waals surface area contributed by atoms with Gasteiger partial charge in [-0.1, -0.05) is 37.6 Å². The normalized spacial score (nSPS) is 15.5. The molecule has 26 heavy (non-hydrogen) atoms. The van der Waals surface area contributed by atoms with Crippen molar-refractivity contribution in [2.75, 3.05) is 26.2 Å². The summed E-state index contributed by atoms with van der Waals surface area (Å²) in [7, 11) is 0. The van der Waals surface area contributed by atoms with Crippen LogP contribution in [0, 0.1) is 0 Å². The van der Waals surface area contributed by atoms with Gasteiger partial charge in [-0.2, -0.15) is 0 Å². The van der Waals surface area contributed by atoms with Crippen LogP contribution in [0.1, 0.15) is 39.2 Å². The molecule has 2 N–H and O–H groups in total. The summed E-state index contributed by atoms with van der Waals surface area (Å²) < 4.78 is 5.00. The van der Waals surface area contributed by atoms with Crippen LogP contribution >= 0.6 is 11.6 Å². The molecule has 1 saturated heterocycles. The van der Waals surface area contributed by atoms with Crippen LogP contribution in [0.25, 0.3) is 0 Å². The van der Waals surface area contributed by atoms with Gasteiger partial charge in [0.15, 0.2) is 0 Å². The summed E-state index contributed by atoms with van der Waals surface area (Å²) in [4.78, 5) is 25.6. The van der Waals surface area contributed by atoms with Crippen molar-refractivity contribution in [3.05, 3.63) is 34.9 Å². The Morgan fingerprint density at radius 3 is 2.62 bits per heavy atom. The van der Waals surface area contributed by atoms with E-state index in [4.69, 9.17) is 16.3 Å². The number of ether oxygens (including phenoxy) is 1. The Balaban J connectivity index is 1.76. The van der Waals surface area contributed by atoms with Crippen molar-refractivity contribution < 1.29 is 14.3 Å². The third-order valence-electron chi connectivity index (χ3n) is 4.65. The van der Waals surface area contributed by atoms with E-state index < -0.39 is 0 Å². The second-order valence-electron chi connectivity index (χ2n) is 7.18. The van der Waals surface area contributed by atoms with Crippen molar-refractivity contribution in [1.82, 2.24) is 15.5 Å². The Bertz CT molecular complexity index is 628. The Labute approximate surface area is 160 Å². The lowest BCUT2D eigenvalue weighted by atomic mass is 9.84. The van der Waals surface area contributed by atoms with E-state index >= 15 is 0 Å². The second kappa shape index (κ2) is 9.12. The third kappa shape index (κ3) is 5.80. The lowest BCUT2D eigenvalue weighted by molar-refractivity contribution is 0.0957. The van der Waals surface area contributed by atoms with Crippen molar-refractivity contribution in [2.45, 2.75) is 45.1 Å². The number of piperidine rings is 1. The second-order valence-corrected chi connectivity index (χ2v) is 7.62. The maximum absolute atomic E-state index is 12.2. The van der Waals surface area contributed by atoms with Crippen LogP contribution in [-0.2, 0) is 10.2 Å². The van der Waals surface area contributed by atoms with Crippen LogP contribution in [0.15, 0.2) is 24.3 Å². The number of halogens is 1. The summed E-state index contributed by atoms with van der Waals surface area (Å²) in [5, 5.41) is 6.62. The molecule has 144 valence electrons. The fourth-order valence-corrected chi connectivity index (χ4v) is 3.16. The smallest absolute Gasteiger partial charge is 0.409 e. The number of benzene rings is 1. The summed E-state index contributed by atoms with van der Waals surface area (Å²) in [5.41, 5.74) is 0.850. The van der Waals surface area contributed by atoms with Crippen molar-refractivity contribution in [2.24, 2.45) is 0 Å². The Hall–Kier alpha value is -1.95. The number of hydrogen-bond donors (Lipinski definition) is 2. The zero-order chi connectivity index (χ0) is 19.2. The molecule has 3 amide bonds. The van der Waals surface area contributed by atoms with Gasteiger partial charge in [0.2, 0.25) is 0 Å². The molecule has 0 unspecified atom stereocenters. The highest BCUT2D eigenvalue weighted by atomic mass is 35.5. The van der Waals surface area contributed by atoms with Gasteiger partial charge in [-0.15, -0.1) is 0 Å². The first-order valence-corrected chi connectivity index (χ1v) is 9.41. The van der Waals surface area contributed by atoms with E-state index in [-0.39, 0.29) is 23.6 Å². The molecule has 2 rings (SSSR count). The zero-order valence-electron chi connectivity index (χ0n) is 15.7. The molecule has 1 aliphatic rings. The van der Waals surface area contributed by atoms with Crippen LogP contribution in [0.2, 0.25) is 5.02 Å². The largest absolute Gasteiger partial charge is 0.450 e. The minimum Gasteiger partial charge on any atom is -0.450 e. The Morgan fingerprint density at radius 2 is 2.00 bits per heavy atom. The molecule has 0 aromatic heterocycles. The minimum absolute atomic E-state index is 0.0648. The summed E-state index contributed by atoms with van der Waals surface area (Å²) >= 11 is 6.06. The number of rotatable bonds is 5. The fourth-order valence-electron chi connectivity index (χ4n) is 2.97. The van der Waals surface area contributed by atoms with Crippen LogP contribution in [0.3, 0.4) is 0 Å². The standard InChI is InChI=1S/C19H28ClN3O3/c1-4-26-18(25)23-10-8-16(9-11-23)22-17(24)21-13-19(2,3)14-6-5-7-15(20)12-14/h5-7,12,16H,4,8-11,13H2,1-3H3,(H2,21,22,24). The monoisotopic (exact) mass is 381 g/mol. The molecule has 1 aromatic carbocycles. The molecule has 0 aliphatic carbocycles. The van der Waals surface area contributed by atoms with Gasteiger partial charge in [0.25, 0.3) is 0 Å². The summed E-state index contributed by atoms with van der Waals surface area (Å²) in [6.45, 7) is 7.99. The number of amides is 3. The van der Waals surface area contributed by atoms with Crippen LogP contribution < -0.4 is 10.6 Å². The number of nitrogens with one attached hydrogen (secondary N) is 2. The summed E-state index contributed by atoms with van der Waals surface area (Å²) in [6, 6.07) is 7.56. The lowest BCUT2D eigenvalue weighted by Gasteiger charge is -2.32. The van der Waals surface area contributed by atoms with E-state index in [0.29, 0.717) is 31.3 Å². The number of carbonyl (C=O) groups is 2. The molecule has 1 fully saturated rings. The molecular weight excluding hydrogens is 354 g/mol. The first kappa shape index (κ1) is 20.4. The highest BCUT2D eigenvalue weighted by Gasteiger charge is 2.26. The Morgan fingerprint density at radius 1 is 1.31 bits per heavy atom. The number of carbonyl (C=O) groups excluding carboxylic acids is 2. The van der Waals surface area contributed by atoms with Gasteiger partial charge >= 0.3 is 12.1 Å². The first-order chi connectivity index (χ1) is 12.3. The predicted molar refractivity (Wildman–Crippen MR) is 103 cm³/mol. The number of hydrogen-bond acceptors (Lipinski definition) is 3. The maximum atomic E-state index is 12.2. The maximum Gasteiger partial charge on any atom is 0.409 e. The average Bonchev–Trinajstić information content (AvgIpc) is 2.61. The van der Waals surface area contributed by atoms with Crippen LogP contribution in [0.4, 0.5) is 9.59 Å². The van der Waals surface area contributed by atoms with Crippen molar-refractivity contribution in [1.29, 1.82) is 0 Å². The van der Waals surface area contributed by atoms with E-state index in [1.54, 1.807) is 11.8 Å². The van der Waals surface area contributed by atoms with Gasteiger partial charge < -0.3 is 20.3 Å². The van der Waals surface area contributed by atoms with Crippen LogP contribution in [-0.4, -0.2) is 49.3 Å². The molecule has 1 aromatic rings. The number of likely N-dealkylation sites (tertiary alicyclic amines) is 1. The highest BCUT2D eigenvalue weighted by Crippen LogP contribution is 2.24. The SMILES string of the molecule is CCOC(=O)N1CCC(NC(=O)NCC(C)(C)c2cccc(Cl)c2)CC1. The lowest BCUT2D eigenvalue weighted by Crippen LogP contribution is -2.50. The third-order valence-corrected chi connectivity index (χ3v) is 4.89. The van der Waals surface area contributed by atoms with Crippen LogP contribution in [0.5, 0.6) is 0 Å². The molecule has 0 bridgehead atoms. The number of urea groups is 1. The van der Waals surface area contributed by atoms with Gasteiger partial charge in [-0.25, -0.2) is 9.59 Å². The molecule has 0 radical (unpaired) electrons. The van der Waals surface area contributed by atoms with Gasteiger partial charge in [0, 0.05) is 36.1 Å². The first-order valence-electron chi connectivity index (χ1n) is 9.04. The van der Waals surface area contributed by atoms with E-state index in [1.807, 2.05) is 24.3 Å². The molecule has 6 nitrogen and oxygen atoms in total. The predicted octanol–water partition coefficient (Wildman–Crippen LogP) is 3.54. The topological polar surface area (TPSA) is 70.7 Å². The quantitative estimate of drug-likeness (QED) is 0.819. The minimum atomic E-state index is -0.279. The van der Waals surface area contributed by atoms with Crippen molar-refractivity contribution in [3.63, 3.8) is 0 Å². The van der Waals surface area contributed by atoms with E-state index in [9.17, 15) is 9.59 Å². The molecule has 0 spiro atoms. The molecule has 7 heteroatoms.